The van der Waals surface area contributed by atoms with Crippen LogP contribution in [0.4, 0.5) is 13.2 Å². The van der Waals surface area contributed by atoms with Crippen LogP contribution < -0.4 is 20.1 Å². The number of methoxy groups -OCH3 is 1. The summed E-state index contributed by atoms with van der Waals surface area (Å²) in [5.74, 6) is -1.07. The maximum atomic E-state index is 13.8. The van der Waals surface area contributed by atoms with Crippen LogP contribution in [0.25, 0.3) is 0 Å². The Labute approximate surface area is 337 Å². The quantitative estimate of drug-likeness (QED) is 0.146. The number of nitrogens with one attached hydrogen (secondary N) is 2. The summed E-state index contributed by atoms with van der Waals surface area (Å²) in [6.07, 6.45) is -6.51. The topological polar surface area (TPSA) is 190 Å². The van der Waals surface area contributed by atoms with E-state index in [1.165, 1.54) is 0 Å². The average molecular weight is 824 g/mol. The molecule has 6 atom stereocenters. The minimum atomic E-state index is -4.64. The zero-order valence-electron chi connectivity index (χ0n) is 32.2. The van der Waals surface area contributed by atoms with Gasteiger partial charge in [0.2, 0.25) is 6.29 Å². The molecule has 0 unspecified atom stereocenters. The highest BCUT2D eigenvalue weighted by atomic mass is 19.4. The van der Waals surface area contributed by atoms with Crippen molar-refractivity contribution in [2.75, 3.05) is 33.8 Å². The molecule has 7 rings (SSSR count). The highest BCUT2D eigenvalue weighted by Crippen LogP contribution is 2.66. The summed E-state index contributed by atoms with van der Waals surface area (Å²) < 4.78 is 56.3. The SMILES string of the molecule is COc1ccc2c3c1O[C@H]1C(OC(=O)CCNC(=O)[C@@H](O)c4ccccc4)=CC[C@@]4(OC(=O)CCNC(=O)[C@@H](O)c5ccccc5)[C@@H](C2)N(C)CC[C@]314.O=CC(F)(F)F. The number of benzene rings is 3. The lowest BCUT2D eigenvalue weighted by Crippen LogP contribution is -2.75. The summed E-state index contributed by atoms with van der Waals surface area (Å²) >= 11 is 0. The number of hydrogen-bond donors (Lipinski definition) is 4. The number of ether oxygens (including phenoxy) is 4. The van der Waals surface area contributed by atoms with Crippen molar-refractivity contribution in [2.45, 2.75) is 73.7 Å². The van der Waals surface area contributed by atoms with Crippen LogP contribution >= 0.6 is 0 Å². The maximum absolute atomic E-state index is 13.8. The van der Waals surface area contributed by atoms with E-state index in [0.717, 1.165) is 11.1 Å². The molecule has 0 aromatic heterocycles. The molecular weight excluding hydrogens is 779 g/mol. The van der Waals surface area contributed by atoms with Crippen molar-refractivity contribution in [1.82, 2.24) is 15.5 Å². The van der Waals surface area contributed by atoms with Crippen LogP contribution in [0.15, 0.2) is 84.6 Å². The number of aliphatic hydroxyl groups excluding tert-OH is 2. The smallest absolute Gasteiger partial charge is 0.446 e. The summed E-state index contributed by atoms with van der Waals surface area (Å²) in [5.41, 5.74) is 0.743. The van der Waals surface area contributed by atoms with Crippen molar-refractivity contribution in [1.29, 1.82) is 0 Å². The number of rotatable bonds is 13. The molecule has 314 valence electrons. The lowest BCUT2D eigenvalue weighted by atomic mass is 9.50. The first-order valence-electron chi connectivity index (χ1n) is 18.9. The molecule has 2 amide bonds. The second-order valence-electron chi connectivity index (χ2n) is 14.6. The number of carbonyl (C=O) groups excluding carboxylic acids is 5. The zero-order chi connectivity index (χ0) is 42.5. The van der Waals surface area contributed by atoms with Crippen LogP contribution in [0.1, 0.15) is 60.1 Å². The average Bonchev–Trinajstić information content (AvgIpc) is 3.59. The number of nitrogens with zero attached hydrogens (tertiary/aromatic N) is 1. The number of piperidine rings is 1. The van der Waals surface area contributed by atoms with E-state index in [1.54, 1.807) is 73.8 Å². The van der Waals surface area contributed by atoms with Crippen LogP contribution in [0.2, 0.25) is 0 Å². The van der Waals surface area contributed by atoms with E-state index in [-0.39, 0.29) is 44.2 Å². The molecule has 1 saturated heterocycles. The molecular formula is C42H44F3N3O11. The molecule has 3 aromatic carbocycles. The van der Waals surface area contributed by atoms with E-state index in [0.29, 0.717) is 42.0 Å². The molecule has 1 fully saturated rings. The summed E-state index contributed by atoms with van der Waals surface area (Å²) in [7, 11) is 3.55. The molecule has 4 aliphatic rings. The van der Waals surface area contributed by atoms with E-state index < -0.39 is 65.5 Å². The number of aldehydes is 1. The number of aliphatic hydroxyl groups is 2. The van der Waals surface area contributed by atoms with Gasteiger partial charge in [-0.15, -0.1) is 0 Å². The molecule has 1 spiro atoms. The van der Waals surface area contributed by atoms with E-state index in [2.05, 4.69) is 15.5 Å². The van der Waals surface area contributed by atoms with Crippen molar-refractivity contribution < 1.29 is 66.3 Å². The maximum Gasteiger partial charge on any atom is 0.446 e. The normalized spacial score (nSPS) is 23.3. The van der Waals surface area contributed by atoms with E-state index >= 15 is 0 Å². The molecule has 0 saturated carbocycles. The third-order valence-corrected chi connectivity index (χ3v) is 11.2. The van der Waals surface area contributed by atoms with Gasteiger partial charge in [-0.1, -0.05) is 66.7 Å². The van der Waals surface area contributed by atoms with E-state index in [4.69, 9.17) is 23.7 Å². The zero-order valence-corrected chi connectivity index (χ0v) is 32.2. The van der Waals surface area contributed by atoms with Crippen LogP contribution in [0.3, 0.4) is 0 Å². The Hall–Kier alpha value is -5.78. The molecule has 2 heterocycles. The van der Waals surface area contributed by atoms with Crippen molar-refractivity contribution in [3.8, 4) is 11.5 Å². The fourth-order valence-electron chi connectivity index (χ4n) is 8.54. The number of alkyl halides is 3. The number of esters is 2. The molecule has 2 bridgehead atoms. The monoisotopic (exact) mass is 823 g/mol. The number of likely N-dealkylation sites (N-methyl/N-ethyl adjacent to an activating group) is 1. The lowest BCUT2D eigenvalue weighted by molar-refractivity contribution is -0.206. The Kier molecular flexibility index (Phi) is 12.8. The number of likely N-dealkylation sites (tertiary alicyclic amines) is 1. The first-order chi connectivity index (χ1) is 28.2. The molecule has 59 heavy (non-hydrogen) atoms. The van der Waals surface area contributed by atoms with Gasteiger partial charge in [0, 0.05) is 25.1 Å². The minimum Gasteiger partial charge on any atom is -0.493 e. The Morgan fingerprint density at radius 2 is 1.47 bits per heavy atom. The third kappa shape index (κ3) is 8.54. The van der Waals surface area contributed by atoms with Crippen LogP contribution in [0.5, 0.6) is 11.5 Å². The first-order valence-corrected chi connectivity index (χ1v) is 18.9. The second kappa shape index (κ2) is 17.6. The summed E-state index contributed by atoms with van der Waals surface area (Å²) in [5, 5.41) is 26.1. The Bertz CT molecular complexity index is 2080. The van der Waals surface area contributed by atoms with Gasteiger partial charge in [-0.3, -0.25) is 28.9 Å². The van der Waals surface area contributed by atoms with Gasteiger partial charge in [0.25, 0.3) is 11.8 Å². The predicted molar refractivity (Wildman–Crippen MR) is 202 cm³/mol. The van der Waals surface area contributed by atoms with Gasteiger partial charge in [-0.05, 0) is 55.3 Å². The van der Waals surface area contributed by atoms with Crippen molar-refractivity contribution >= 4 is 30.0 Å². The number of carbonyl (C=O) groups is 5. The van der Waals surface area contributed by atoms with E-state index in [1.807, 2.05) is 19.2 Å². The Morgan fingerprint density at radius 3 is 2.02 bits per heavy atom. The standard InChI is InChI=1S/C40H43N3O10.C2HF3O/c1-43-22-19-39-32-26-13-14-27(50-2)35(32)52-36(39)28(51-30(44)16-20-41-37(48)33(46)24-9-5-3-6-10-24)15-18-40(39,29(43)23-26)53-31(45)17-21-42-38(49)34(47)25-11-7-4-8-12-25;3-2(4,5)1-6/h3-15,29,33-34,36,46-47H,16-23H2,1-2H3,(H,41,48)(H,42,49);1H/t29-,33+,34+,36+,39+,40-;/m1./s1. The molecule has 4 N–H and O–H groups in total. The van der Waals surface area contributed by atoms with Gasteiger partial charge < -0.3 is 39.8 Å². The lowest BCUT2D eigenvalue weighted by Gasteiger charge is -2.62. The summed E-state index contributed by atoms with van der Waals surface area (Å²) in [4.78, 5) is 63.2. The molecule has 2 aliphatic heterocycles. The largest absolute Gasteiger partial charge is 0.493 e. The number of amides is 2. The Balaban J connectivity index is 0.000000908. The molecule has 3 aromatic rings. The molecule has 14 nitrogen and oxygen atoms in total. The number of halogens is 3. The van der Waals surface area contributed by atoms with Gasteiger partial charge >= 0.3 is 18.1 Å². The van der Waals surface area contributed by atoms with Crippen molar-refractivity contribution in [3.63, 3.8) is 0 Å². The molecule has 2 aliphatic carbocycles. The van der Waals surface area contributed by atoms with Gasteiger partial charge in [-0.2, -0.15) is 13.2 Å². The fraction of sp³-hybridized carbons (Fsp3) is 0.405. The van der Waals surface area contributed by atoms with Crippen LogP contribution in [-0.2, 0) is 45.3 Å². The molecule has 17 heteroatoms. The summed E-state index contributed by atoms with van der Waals surface area (Å²) in [6, 6.07) is 20.6. The number of hydrogen-bond acceptors (Lipinski definition) is 12. The first kappa shape index (κ1) is 42.8. The second-order valence-corrected chi connectivity index (χ2v) is 14.6. The van der Waals surface area contributed by atoms with Crippen LogP contribution in [0, 0.1) is 0 Å². The fourth-order valence-corrected chi connectivity index (χ4v) is 8.54. The van der Waals surface area contributed by atoms with Gasteiger partial charge in [0.05, 0.1) is 31.4 Å². The minimum absolute atomic E-state index is 0.0433. The van der Waals surface area contributed by atoms with Crippen molar-refractivity contribution in [2.24, 2.45) is 0 Å². The molecule has 0 radical (unpaired) electrons. The highest BCUT2D eigenvalue weighted by Gasteiger charge is 2.74. The van der Waals surface area contributed by atoms with Gasteiger partial charge in [0.15, 0.2) is 29.8 Å². The van der Waals surface area contributed by atoms with E-state index in [9.17, 15) is 42.6 Å². The van der Waals surface area contributed by atoms with Gasteiger partial charge in [0.1, 0.15) is 11.4 Å². The van der Waals surface area contributed by atoms with Crippen molar-refractivity contribution in [3.05, 3.63) is 107 Å². The summed E-state index contributed by atoms with van der Waals surface area (Å²) in [6.45, 7) is 0.555. The third-order valence-electron chi connectivity index (χ3n) is 11.2. The predicted octanol–water partition coefficient (Wildman–Crippen LogP) is 3.29. The van der Waals surface area contributed by atoms with Crippen LogP contribution in [-0.4, -0.2) is 103 Å². The highest BCUT2D eigenvalue weighted by molar-refractivity contribution is 5.83. The Morgan fingerprint density at radius 1 is 0.915 bits per heavy atom. The van der Waals surface area contributed by atoms with Gasteiger partial charge in [-0.25, -0.2) is 0 Å².